The van der Waals surface area contributed by atoms with Crippen molar-refractivity contribution in [1.82, 2.24) is 4.72 Å². The number of aryl methyl sites for hydroxylation is 2. The van der Waals surface area contributed by atoms with Gasteiger partial charge in [0.1, 0.15) is 11.8 Å². The van der Waals surface area contributed by atoms with Crippen LogP contribution in [0.4, 0.5) is 0 Å². The van der Waals surface area contributed by atoms with E-state index in [0.717, 1.165) is 5.56 Å². The first-order valence-electron chi connectivity index (χ1n) is 5.95. The van der Waals surface area contributed by atoms with Crippen molar-refractivity contribution in [2.24, 2.45) is 0 Å². The van der Waals surface area contributed by atoms with Gasteiger partial charge in [-0.2, -0.15) is 4.72 Å². The molecule has 7 heteroatoms. The molecule has 0 bridgehead atoms. The maximum absolute atomic E-state index is 12.2. The lowest BCUT2D eigenvalue weighted by atomic mass is 10.2. The third-order valence-corrected chi connectivity index (χ3v) is 4.33. The molecule has 110 valence electrons. The van der Waals surface area contributed by atoms with Crippen molar-refractivity contribution >= 4 is 21.8 Å². The lowest BCUT2D eigenvalue weighted by Gasteiger charge is -2.15. The molecule has 1 unspecified atom stereocenters. The highest BCUT2D eigenvalue weighted by atomic mass is 32.2. The first-order chi connectivity index (χ1) is 9.13. The summed E-state index contributed by atoms with van der Waals surface area (Å²) in [7, 11) is -3.99. The highest BCUT2D eigenvalue weighted by Gasteiger charge is 2.27. The molecule has 6 nitrogen and oxygen atoms in total. The quantitative estimate of drug-likeness (QED) is 0.816. The Labute approximate surface area is 117 Å². The zero-order valence-corrected chi connectivity index (χ0v) is 12.3. The molecular formula is C13H17NO5S. The van der Waals surface area contributed by atoms with Gasteiger partial charge < -0.3 is 5.11 Å². The summed E-state index contributed by atoms with van der Waals surface area (Å²) in [5.41, 5.74) is 1.25. The molecule has 0 saturated heterocycles. The summed E-state index contributed by atoms with van der Waals surface area (Å²) in [5, 5.41) is 8.98. The van der Waals surface area contributed by atoms with Gasteiger partial charge in [-0.05, 0) is 38.0 Å². The number of aliphatic carboxylic acids is 1. The maximum Gasteiger partial charge on any atom is 0.322 e. The molecule has 1 aromatic carbocycles. The highest BCUT2D eigenvalue weighted by Crippen LogP contribution is 2.17. The van der Waals surface area contributed by atoms with Crippen LogP contribution in [-0.2, 0) is 19.6 Å². The Balaban J connectivity index is 3.12. The number of carboxylic acids is 1. The number of benzene rings is 1. The van der Waals surface area contributed by atoms with E-state index in [1.807, 2.05) is 0 Å². The number of carboxylic acid groups (broad SMARTS) is 1. The van der Waals surface area contributed by atoms with Crippen molar-refractivity contribution in [3.05, 3.63) is 29.3 Å². The molecule has 1 atom stereocenters. The van der Waals surface area contributed by atoms with E-state index < -0.39 is 27.8 Å². The Morgan fingerprint density at radius 1 is 1.30 bits per heavy atom. The molecule has 0 amide bonds. The molecule has 0 heterocycles. The number of hydrogen-bond donors (Lipinski definition) is 2. The predicted molar refractivity (Wildman–Crippen MR) is 73.0 cm³/mol. The molecule has 0 aliphatic heterocycles. The summed E-state index contributed by atoms with van der Waals surface area (Å²) in [6.07, 6.45) is -0.389. The van der Waals surface area contributed by atoms with Gasteiger partial charge in [-0.3, -0.25) is 9.59 Å². The average molecular weight is 299 g/mol. The van der Waals surface area contributed by atoms with Gasteiger partial charge in [0, 0.05) is 6.42 Å². The predicted octanol–water partition coefficient (Wildman–Crippen LogP) is 1.01. The largest absolute Gasteiger partial charge is 0.480 e. The van der Waals surface area contributed by atoms with E-state index in [2.05, 4.69) is 4.72 Å². The molecule has 1 aromatic rings. The Hall–Kier alpha value is -1.73. The van der Waals surface area contributed by atoms with Crippen molar-refractivity contribution in [3.8, 4) is 0 Å². The Morgan fingerprint density at radius 2 is 1.90 bits per heavy atom. The van der Waals surface area contributed by atoms with Crippen molar-refractivity contribution in [1.29, 1.82) is 0 Å². The first kappa shape index (κ1) is 16.3. The molecule has 0 aromatic heterocycles. The van der Waals surface area contributed by atoms with Gasteiger partial charge in [0.15, 0.2) is 0 Å². The minimum absolute atomic E-state index is 0.0207. The van der Waals surface area contributed by atoms with E-state index in [-0.39, 0.29) is 11.3 Å². The minimum atomic E-state index is -3.99. The SMILES string of the molecule is CC(=O)CC(NS(=O)(=O)c1cc(C)ccc1C)C(=O)O. The molecule has 2 N–H and O–H groups in total. The van der Waals surface area contributed by atoms with E-state index in [4.69, 9.17) is 5.11 Å². The van der Waals surface area contributed by atoms with E-state index in [9.17, 15) is 18.0 Å². The van der Waals surface area contributed by atoms with E-state index in [1.54, 1.807) is 26.0 Å². The Bertz CT molecular complexity index is 636. The zero-order chi connectivity index (χ0) is 15.5. The summed E-state index contributed by atoms with van der Waals surface area (Å²) in [4.78, 5) is 22.0. The molecule has 0 spiro atoms. The molecule has 0 radical (unpaired) electrons. The normalized spacial score (nSPS) is 12.9. The molecule has 0 aliphatic carbocycles. The fourth-order valence-corrected chi connectivity index (χ4v) is 3.23. The van der Waals surface area contributed by atoms with E-state index >= 15 is 0 Å². The second-order valence-corrected chi connectivity index (χ2v) is 6.37. The second-order valence-electron chi connectivity index (χ2n) is 4.69. The molecule has 0 aliphatic rings. The van der Waals surface area contributed by atoms with E-state index in [0.29, 0.717) is 5.56 Å². The van der Waals surface area contributed by atoms with Crippen molar-refractivity contribution in [2.75, 3.05) is 0 Å². The molecule has 20 heavy (non-hydrogen) atoms. The second kappa shape index (κ2) is 6.15. The van der Waals surface area contributed by atoms with Crippen molar-refractivity contribution in [3.63, 3.8) is 0 Å². The molecule has 1 rings (SSSR count). The Kier molecular flexibility index (Phi) is 5.02. The summed E-state index contributed by atoms with van der Waals surface area (Å²) >= 11 is 0. The van der Waals surface area contributed by atoms with Crippen molar-refractivity contribution in [2.45, 2.75) is 38.1 Å². The van der Waals surface area contributed by atoms with Crippen LogP contribution < -0.4 is 4.72 Å². The van der Waals surface area contributed by atoms with Crippen LogP contribution in [0.25, 0.3) is 0 Å². The van der Waals surface area contributed by atoms with Crippen LogP contribution in [0, 0.1) is 13.8 Å². The zero-order valence-electron chi connectivity index (χ0n) is 11.5. The van der Waals surface area contributed by atoms with Crippen LogP contribution in [0.2, 0.25) is 0 Å². The van der Waals surface area contributed by atoms with Gasteiger partial charge in [0.25, 0.3) is 0 Å². The minimum Gasteiger partial charge on any atom is -0.480 e. The molecular weight excluding hydrogens is 282 g/mol. The lowest BCUT2D eigenvalue weighted by Crippen LogP contribution is -2.42. The van der Waals surface area contributed by atoms with Gasteiger partial charge in [0.2, 0.25) is 10.0 Å². The monoisotopic (exact) mass is 299 g/mol. The van der Waals surface area contributed by atoms with Crippen LogP contribution in [0.3, 0.4) is 0 Å². The van der Waals surface area contributed by atoms with Gasteiger partial charge in [-0.15, -0.1) is 0 Å². The van der Waals surface area contributed by atoms with Crippen LogP contribution >= 0.6 is 0 Å². The highest BCUT2D eigenvalue weighted by molar-refractivity contribution is 7.89. The topological polar surface area (TPSA) is 101 Å². The third-order valence-electron chi connectivity index (χ3n) is 2.72. The first-order valence-corrected chi connectivity index (χ1v) is 7.43. The standard InChI is InChI=1S/C13H17NO5S/c1-8-4-5-9(2)12(6-8)20(18,19)14-11(13(16)17)7-10(3)15/h4-6,11,14H,7H2,1-3H3,(H,16,17). The van der Waals surface area contributed by atoms with Gasteiger partial charge in [-0.25, -0.2) is 8.42 Å². The van der Waals surface area contributed by atoms with Gasteiger partial charge in [0.05, 0.1) is 4.90 Å². The lowest BCUT2D eigenvalue weighted by molar-refractivity contribution is -0.140. The molecule has 0 fully saturated rings. The number of rotatable bonds is 6. The van der Waals surface area contributed by atoms with Crippen LogP contribution in [0.1, 0.15) is 24.5 Å². The van der Waals surface area contributed by atoms with Crippen LogP contribution in [-0.4, -0.2) is 31.3 Å². The average Bonchev–Trinajstić information content (AvgIpc) is 2.30. The molecule has 0 saturated carbocycles. The van der Waals surface area contributed by atoms with Gasteiger partial charge in [-0.1, -0.05) is 12.1 Å². The third kappa shape index (κ3) is 4.14. The fraction of sp³-hybridized carbons (Fsp3) is 0.385. The Morgan fingerprint density at radius 3 is 2.40 bits per heavy atom. The van der Waals surface area contributed by atoms with Crippen molar-refractivity contribution < 1.29 is 23.1 Å². The number of hydrogen-bond acceptors (Lipinski definition) is 4. The number of carbonyl (C=O) groups is 2. The number of sulfonamides is 1. The number of ketones is 1. The van der Waals surface area contributed by atoms with Gasteiger partial charge >= 0.3 is 5.97 Å². The summed E-state index contributed by atoms with van der Waals surface area (Å²) in [6.45, 7) is 4.57. The number of Topliss-reactive ketones (excluding diaryl/α,β-unsaturated/α-hetero) is 1. The van der Waals surface area contributed by atoms with Crippen LogP contribution in [0.15, 0.2) is 23.1 Å². The summed E-state index contributed by atoms with van der Waals surface area (Å²) in [6, 6.07) is 3.41. The maximum atomic E-state index is 12.2. The number of carbonyl (C=O) groups excluding carboxylic acids is 1. The fourth-order valence-electron chi connectivity index (χ4n) is 1.71. The number of nitrogens with one attached hydrogen (secondary N) is 1. The van der Waals surface area contributed by atoms with E-state index in [1.165, 1.54) is 13.0 Å². The smallest absolute Gasteiger partial charge is 0.322 e. The summed E-state index contributed by atoms with van der Waals surface area (Å²) in [5.74, 6) is -1.78. The summed E-state index contributed by atoms with van der Waals surface area (Å²) < 4.78 is 26.5. The van der Waals surface area contributed by atoms with Crippen LogP contribution in [0.5, 0.6) is 0 Å².